The van der Waals surface area contributed by atoms with Gasteiger partial charge < -0.3 is 9.88 Å². The monoisotopic (exact) mass is 283 g/mol. The Balaban J connectivity index is 1.73. The molecule has 7 nitrogen and oxygen atoms in total. The third-order valence-corrected chi connectivity index (χ3v) is 3.56. The molecule has 0 unspecified atom stereocenters. The lowest BCUT2D eigenvalue weighted by Crippen LogP contribution is -2.40. The first-order valence-corrected chi connectivity index (χ1v) is 7.29. The summed E-state index contributed by atoms with van der Waals surface area (Å²) in [6.45, 7) is 2.50. The number of rotatable bonds is 6. The molecule has 3 amide bonds. The molecule has 0 aromatic carbocycles. The van der Waals surface area contributed by atoms with Crippen molar-refractivity contribution in [3.63, 3.8) is 0 Å². The highest BCUT2D eigenvalue weighted by atomic mass is 32.2. The molecule has 19 heavy (non-hydrogen) atoms. The molecule has 104 valence electrons. The second-order valence-electron chi connectivity index (χ2n) is 4.34. The number of aromatic nitrogens is 3. The van der Waals surface area contributed by atoms with E-state index in [4.69, 9.17) is 0 Å². The molecular weight excluding hydrogens is 266 g/mol. The van der Waals surface area contributed by atoms with E-state index >= 15 is 0 Å². The van der Waals surface area contributed by atoms with Crippen molar-refractivity contribution >= 4 is 23.7 Å². The number of amides is 3. The fourth-order valence-electron chi connectivity index (χ4n) is 1.51. The number of hydrogen-bond acceptors (Lipinski definition) is 5. The van der Waals surface area contributed by atoms with Gasteiger partial charge in [-0.2, -0.15) is 0 Å². The van der Waals surface area contributed by atoms with Crippen molar-refractivity contribution in [1.29, 1.82) is 0 Å². The van der Waals surface area contributed by atoms with E-state index < -0.39 is 6.03 Å². The molecule has 0 saturated heterocycles. The number of carbonyl (C=O) groups is 2. The maximum Gasteiger partial charge on any atom is 0.321 e. The number of nitrogens with zero attached hydrogens (tertiary/aromatic N) is 3. The molecule has 1 aliphatic rings. The Kier molecular flexibility index (Phi) is 4.78. The summed E-state index contributed by atoms with van der Waals surface area (Å²) in [6.07, 6.45) is 4.79. The van der Waals surface area contributed by atoms with Crippen LogP contribution in [0.5, 0.6) is 0 Å². The Morgan fingerprint density at radius 2 is 2.32 bits per heavy atom. The van der Waals surface area contributed by atoms with Crippen molar-refractivity contribution in [2.24, 2.45) is 0 Å². The predicted octanol–water partition coefficient (Wildman–Crippen LogP) is 0.941. The van der Waals surface area contributed by atoms with E-state index in [0.717, 1.165) is 24.4 Å². The van der Waals surface area contributed by atoms with Gasteiger partial charge in [0.15, 0.2) is 5.16 Å². The summed E-state index contributed by atoms with van der Waals surface area (Å²) in [4.78, 5) is 22.8. The maximum absolute atomic E-state index is 11.6. The lowest BCUT2D eigenvalue weighted by atomic mass is 10.5. The molecule has 0 spiro atoms. The summed E-state index contributed by atoms with van der Waals surface area (Å²) in [5, 5.41) is 13.4. The normalized spacial score (nSPS) is 14.2. The maximum atomic E-state index is 11.6. The van der Waals surface area contributed by atoms with E-state index in [9.17, 15) is 9.59 Å². The van der Waals surface area contributed by atoms with Crippen LogP contribution in [-0.2, 0) is 4.79 Å². The van der Waals surface area contributed by atoms with E-state index in [1.807, 2.05) is 11.5 Å². The molecule has 1 aromatic rings. The minimum absolute atomic E-state index is 0.158. The SMILES string of the molecule is CCCNC(=O)NC(=O)CSc1nncn1C1CC1. The molecule has 2 rings (SSSR count). The van der Waals surface area contributed by atoms with Gasteiger partial charge in [0.2, 0.25) is 5.91 Å². The lowest BCUT2D eigenvalue weighted by Gasteiger charge is -2.06. The van der Waals surface area contributed by atoms with Crippen LogP contribution in [0, 0.1) is 0 Å². The summed E-state index contributed by atoms with van der Waals surface area (Å²) >= 11 is 1.29. The van der Waals surface area contributed by atoms with Crippen molar-refractivity contribution in [3.05, 3.63) is 6.33 Å². The van der Waals surface area contributed by atoms with Gasteiger partial charge in [0, 0.05) is 12.6 Å². The fraction of sp³-hybridized carbons (Fsp3) is 0.636. The first-order valence-electron chi connectivity index (χ1n) is 6.30. The average Bonchev–Trinajstić information content (AvgIpc) is 3.13. The standard InChI is InChI=1S/C11H17N5O2S/c1-2-5-12-10(18)14-9(17)6-19-11-15-13-7-16(11)8-3-4-8/h7-8H,2-6H2,1H3,(H2,12,14,17,18). The van der Waals surface area contributed by atoms with Crippen molar-refractivity contribution < 1.29 is 9.59 Å². The first kappa shape index (κ1) is 13.9. The van der Waals surface area contributed by atoms with Crippen molar-refractivity contribution in [2.75, 3.05) is 12.3 Å². The van der Waals surface area contributed by atoms with Gasteiger partial charge in [-0.05, 0) is 19.3 Å². The summed E-state index contributed by atoms with van der Waals surface area (Å²) < 4.78 is 1.98. The van der Waals surface area contributed by atoms with Crippen molar-refractivity contribution in [2.45, 2.75) is 37.4 Å². The van der Waals surface area contributed by atoms with Gasteiger partial charge in [-0.15, -0.1) is 10.2 Å². The minimum Gasteiger partial charge on any atom is -0.338 e. The van der Waals surface area contributed by atoms with Crippen molar-refractivity contribution in [1.82, 2.24) is 25.4 Å². The van der Waals surface area contributed by atoms with Gasteiger partial charge in [-0.25, -0.2) is 4.79 Å². The quantitative estimate of drug-likeness (QED) is 0.758. The highest BCUT2D eigenvalue weighted by Crippen LogP contribution is 2.37. The summed E-state index contributed by atoms with van der Waals surface area (Å²) in [5.74, 6) is -0.172. The largest absolute Gasteiger partial charge is 0.338 e. The molecule has 0 atom stereocenters. The van der Waals surface area contributed by atoms with E-state index in [-0.39, 0.29) is 11.7 Å². The lowest BCUT2D eigenvalue weighted by molar-refractivity contribution is -0.117. The molecule has 0 aliphatic heterocycles. The Labute approximate surface area is 115 Å². The van der Waals surface area contributed by atoms with Gasteiger partial charge in [0.05, 0.1) is 5.75 Å². The van der Waals surface area contributed by atoms with Crippen LogP contribution in [0.3, 0.4) is 0 Å². The molecule has 1 aliphatic carbocycles. The molecule has 1 fully saturated rings. The number of urea groups is 1. The van der Waals surface area contributed by atoms with Gasteiger partial charge in [-0.3, -0.25) is 10.1 Å². The molecule has 2 N–H and O–H groups in total. The number of imide groups is 1. The summed E-state index contributed by atoms with van der Waals surface area (Å²) in [7, 11) is 0. The second kappa shape index (κ2) is 6.55. The third-order valence-electron chi connectivity index (χ3n) is 2.60. The molecule has 1 saturated carbocycles. The first-order chi connectivity index (χ1) is 9.20. The zero-order valence-corrected chi connectivity index (χ0v) is 11.6. The van der Waals surface area contributed by atoms with Crippen LogP contribution >= 0.6 is 11.8 Å². The zero-order chi connectivity index (χ0) is 13.7. The predicted molar refractivity (Wildman–Crippen MR) is 70.8 cm³/mol. The zero-order valence-electron chi connectivity index (χ0n) is 10.8. The molecule has 8 heteroatoms. The van der Waals surface area contributed by atoms with Crippen LogP contribution in [0.25, 0.3) is 0 Å². The van der Waals surface area contributed by atoms with Crippen LogP contribution in [0.4, 0.5) is 4.79 Å². The average molecular weight is 283 g/mol. The Morgan fingerprint density at radius 1 is 1.53 bits per heavy atom. The molecule has 1 aromatic heterocycles. The number of nitrogens with one attached hydrogen (secondary N) is 2. The van der Waals surface area contributed by atoms with Gasteiger partial charge >= 0.3 is 6.03 Å². The van der Waals surface area contributed by atoms with E-state index in [1.165, 1.54) is 11.8 Å². The van der Waals surface area contributed by atoms with Crippen LogP contribution in [0.15, 0.2) is 11.5 Å². The van der Waals surface area contributed by atoms with Crippen molar-refractivity contribution in [3.8, 4) is 0 Å². The van der Waals surface area contributed by atoms with Gasteiger partial charge in [-0.1, -0.05) is 18.7 Å². The van der Waals surface area contributed by atoms with Crippen LogP contribution in [0.2, 0.25) is 0 Å². The Hall–Kier alpha value is -1.57. The molecular formula is C11H17N5O2S. The fourth-order valence-corrected chi connectivity index (χ4v) is 2.30. The number of hydrogen-bond donors (Lipinski definition) is 2. The summed E-state index contributed by atoms with van der Waals surface area (Å²) in [5.41, 5.74) is 0. The Bertz CT molecular complexity index is 458. The van der Waals surface area contributed by atoms with Gasteiger partial charge in [0.1, 0.15) is 6.33 Å². The van der Waals surface area contributed by atoms with Crippen LogP contribution in [-0.4, -0.2) is 39.0 Å². The van der Waals surface area contributed by atoms with E-state index in [0.29, 0.717) is 12.6 Å². The number of thioether (sulfide) groups is 1. The Morgan fingerprint density at radius 3 is 3.00 bits per heavy atom. The van der Waals surface area contributed by atoms with Crippen LogP contribution < -0.4 is 10.6 Å². The molecule has 0 bridgehead atoms. The highest BCUT2D eigenvalue weighted by molar-refractivity contribution is 7.99. The topological polar surface area (TPSA) is 88.9 Å². The molecule has 1 heterocycles. The smallest absolute Gasteiger partial charge is 0.321 e. The van der Waals surface area contributed by atoms with E-state index in [1.54, 1.807) is 6.33 Å². The summed E-state index contributed by atoms with van der Waals surface area (Å²) in [6, 6.07) is 0.0320. The second-order valence-corrected chi connectivity index (χ2v) is 5.29. The minimum atomic E-state index is -0.448. The van der Waals surface area contributed by atoms with E-state index in [2.05, 4.69) is 20.8 Å². The number of carbonyl (C=O) groups excluding carboxylic acids is 2. The van der Waals surface area contributed by atoms with Crippen LogP contribution in [0.1, 0.15) is 32.2 Å². The van der Waals surface area contributed by atoms with Gasteiger partial charge in [0.25, 0.3) is 0 Å². The molecule has 0 radical (unpaired) electrons. The highest BCUT2D eigenvalue weighted by Gasteiger charge is 2.26. The third kappa shape index (κ3) is 4.23.